The van der Waals surface area contributed by atoms with Crippen molar-refractivity contribution >= 4 is 21.5 Å². The van der Waals surface area contributed by atoms with E-state index in [1.807, 2.05) is 12.1 Å². The molecule has 1 aromatic heterocycles. The van der Waals surface area contributed by atoms with Crippen molar-refractivity contribution in [2.75, 3.05) is 22.7 Å². The number of aryl methyl sites for hydroxylation is 1. The number of hydrogen-bond acceptors (Lipinski definition) is 5. The van der Waals surface area contributed by atoms with Crippen molar-refractivity contribution in [2.24, 2.45) is 0 Å². The minimum absolute atomic E-state index is 0.185. The third kappa shape index (κ3) is 4.48. The molecule has 1 aromatic carbocycles. The van der Waals surface area contributed by atoms with E-state index in [0.29, 0.717) is 5.76 Å². The summed E-state index contributed by atoms with van der Waals surface area (Å²) >= 11 is 0. The lowest BCUT2D eigenvalue weighted by atomic mass is 10.2. The average molecular weight is 337 g/mol. The van der Waals surface area contributed by atoms with E-state index in [2.05, 4.69) is 28.6 Å². The smallest absolute Gasteiger partial charge is 0.263 e. The van der Waals surface area contributed by atoms with Gasteiger partial charge in [-0.1, -0.05) is 19.0 Å². The van der Waals surface area contributed by atoms with Crippen molar-refractivity contribution in [1.29, 1.82) is 0 Å². The number of anilines is 2. The first kappa shape index (κ1) is 17.3. The molecule has 7 heteroatoms. The largest absolute Gasteiger partial charge is 0.372 e. The predicted octanol–water partition coefficient (Wildman–Crippen LogP) is 3.41. The van der Waals surface area contributed by atoms with E-state index in [4.69, 9.17) is 4.52 Å². The number of sulfonamides is 1. The summed E-state index contributed by atoms with van der Waals surface area (Å²) in [7, 11) is -3.66. The minimum atomic E-state index is -3.66. The van der Waals surface area contributed by atoms with Gasteiger partial charge in [-0.3, -0.25) is 4.72 Å². The van der Waals surface area contributed by atoms with Crippen molar-refractivity contribution in [3.05, 3.63) is 36.1 Å². The Morgan fingerprint density at radius 2 is 1.74 bits per heavy atom. The fourth-order valence-electron chi connectivity index (χ4n) is 2.36. The van der Waals surface area contributed by atoms with E-state index in [9.17, 15) is 8.42 Å². The molecule has 23 heavy (non-hydrogen) atoms. The Balaban J connectivity index is 2.17. The number of nitrogens with one attached hydrogen (secondary N) is 1. The topological polar surface area (TPSA) is 75.4 Å². The van der Waals surface area contributed by atoms with Crippen LogP contribution in [0.1, 0.15) is 32.4 Å². The minimum Gasteiger partial charge on any atom is -0.372 e. The molecule has 2 rings (SSSR count). The van der Waals surface area contributed by atoms with Gasteiger partial charge in [0.05, 0.1) is 4.90 Å². The van der Waals surface area contributed by atoms with Gasteiger partial charge < -0.3 is 9.42 Å². The average Bonchev–Trinajstić information content (AvgIpc) is 2.91. The fraction of sp³-hybridized carbons (Fsp3) is 0.438. The molecule has 0 aliphatic rings. The highest BCUT2D eigenvalue weighted by atomic mass is 32.2. The maximum atomic E-state index is 12.3. The zero-order chi connectivity index (χ0) is 16.9. The zero-order valence-electron chi connectivity index (χ0n) is 13.7. The van der Waals surface area contributed by atoms with Gasteiger partial charge in [-0.15, -0.1) is 0 Å². The van der Waals surface area contributed by atoms with Crippen LogP contribution in [-0.2, 0) is 10.0 Å². The summed E-state index contributed by atoms with van der Waals surface area (Å²) in [5.41, 5.74) is 1.03. The first-order valence-electron chi connectivity index (χ1n) is 7.77. The third-order valence-electron chi connectivity index (χ3n) is 3.37. The van der Waals surface area contributed by atoms with Gasteiger partial charge in [0.1, 0.15) is 5.76 Å². The zero-order valence-corrected chi connectivity index (χ0v) is 14.6. The molecular weight excluding hydrogens is 314 g/mol. The van der Waals surface area contributed by atoms with Crippen LogP contribution in [0.15, 0.2) is 39.8 Å². The van der Waals surface area contributed by atoms with Crippen LogP contribution in [-0.4, -0.2) is 26.7 Å². The molecule has 6 nitrogen and oxygen atoms in total. The van der Waals surface area contributed by atoms with Crippen molar-refractivity contribution in [2.45, 2.75) is 38.5 Å². The number of nitrogens with zero attached hydrogens (tertiary/aromatic N) is 2. The third-order valence-corrected chi connectivity index (χ3v) is 4.74. The van der Waals surface area contributed by atoms with Crippen molar-refractivity contribution in [3.63, 3.8) is 0 Å². The van der Waals surface area contributed by atoms with Crippen LogP contribution >= 0.6 is 0 Å². The van der Waals surface area contributed by atoms with Gasteiger partial charge in [0, 0.05) is 24.8 Å². The molecule has 0 amide bonds. The molecule has 0 aliphatic carbocycles. The summed E-state index contributed by atoms with van der Waals surface area (Å²) in [6, 6.07) is 8.45. The molecule has 0 saturated heterocycles. The number of rotatable bonds is 8. The predicted molar refractivity (Wildman–Crippen MR) is 91.3 cm³/mol. The van der Waals surface area contributed by atoms with E-state index < -0.39 is 10.0 Å². The number of aromatic nitrogens is 1. The van der Waals surface area contributed by atoms with Gasteiger partial charge in [0.2, 0.25) is 0 Å². The van der Waals surface area contributed by atoms with Crippen LogP contribution in [0.3, 0.4) is 0 Å². The highest BCUT2D eigenvalue weighted by Gasteiger charge is 2.16. The summed E-state index contributed by atoms with van der Waals surface area (Å²) in [6.45, 7) is 7.87. The maximum Gasteiger partial charge on any atom is 0.263 e. The second-order valence-corrected chi connectivity index (χ2v) is 7.09. The molecule has 0 radical (unpaired) electrons. The van der Waals surface area contributed by atoms with Gasteiger partial charge in [0.25, 0.3) is 10.0 Å². The Kier molecular flexibility index (Phi) is 5.65. The van der Waals surface area contributed by atoms with Gasteiger partial charge in [-0.2, -0.15) is 0 Å². The maximum absolute atomic E-state index is 12.3. The van der Waals surface area contributed by atoms with Gasteiger partial charge >= 0.3 is 0 Å². The second kappa shape index (κ2) is 7.50. The Labute approximate surface area is 137 Å². The molecule has 0 atom stereocenters. The van der Waals surface area contributed by atoms with Crippen LogP contribution in [0, 0.1) is 6.92 Å². The summed E-state index contributed by atoms with van der Waals surface area (Å²) in [5.74, 6) is 0.734. The second-order valence-electron chi connectivity index (χ2n) is 5.41. The quantitative estimate of drug-likeness (QED) is 0.799. The van der Waals surface area contributed by atoms with Crippen LogP contribution in [0.4, 0.5) is 11.5 Å². The monoisotopic (exact) mass is 337 g/mol. The first-order valence-corrected chi connectivity index (χ1v) is 9.25. The van der Waals surface area contributed by atoms with Crippen molar-refractivity contribution in [3.8, 4) is 0 Å². The summed E-state index contributed by atoms with van der Waals surface area (Å²) in [4.78, 5) is 2.46. The highest BCUT2D eigenvalue weighted by molar-refractivity contribution is 7.92. The first-order chi connectivity index (χ1) is 11.0. The normalized spacial score (nSPS) is 11.4. The molecule has 126 valence electrons. The highest BCUT2D eigenvalue weighted by Crippen LogP contribution is 2.21. The standard InChI is InChI=1S/C16H23N3O3S/c1-4-10-19(11-5-2)14-6-8-15(9-7-14)23(20,21)18-16-12-13(3)22-17-16/h6-9,12H,4-5,10-11H2,1-3H3,(H,17,18). The lowest BCUT2D eigenvalue weighted by Crippen LogP contribution is -2.24. The molecule has 1 heterocycles. The summed E-state index contributed by atoms with van der Waals surface area (Å²) in [5, 5.41) is 3.65. The molecule has 0 unspecified atom stereocenters. The van der Waals surface area contributed by atoms with E-state index in [1.54, 1.807) is 19.1 Å². The summed E-state index contributed by atoms with van der Waals surface area (Å²) in [6.07, 6.45) is 2.10. The molecule has 0 bridgehead atoms. The Morgan fingerprint density at radius 1 is 1.13 bits per heavy atom. The molecule has 0 fully saturated rings. The van der Waals surface area contributed by atoms with Crippen molar-refractivity contribution < 1.29 is 12.9 Å². The van der Waals surface area contributed by atoms with Gasteiger partial charge in [0.15, 0.2) is 5.82 Å². The Morgan fingerprint density at radius 3 is 2.22 bits per heavy atom. The molecular formula is C16H23N3O3S. The Hall–Kier alpha value is -2.02. The van der Waals surface area contributed by atoms with Crippen LogP contribution < -0.4 is 9.62 Å². The lowest BCUT2D eigenvalue weighted by molar-refractivity contribution is 0.400. The van der Waals surface area contributed by atoms with Gasteiger partial charge in [-0.25, -0.2) is 8.42 Å². The van der Waals surface area contributed by atoms with E-state index in [0.717, 1.165) is 31.6 Å². The molecule has 2 aromatic rings. The number of benzene rings is 1. The fourth-order valence-corrected chi connectivity index (χ4v) is 3.34. The van der Waals surface area contributed by atoms with E-state index in [1.165, 1.54) is 6.07 Å². The van der Waals surface area contributed by atoms with Crippen LogP contribution in [0.5, 0.6) is 0 Å². The molecule has 0 spiro atoms. The van der Waals surface area contributed by atoms with Gasteiger partial charge in [-0.05, 0) is 44.0 Å². The molecule has 0 saturated carbocycles. The van der Waals surface area contributed by atoms with Crippen LogP contribution in [0.25, 0.3) is 0 Å². The van der Waals surface area contributed by atoms with Crippen LogP contribution in [0.2, 0.25) is 0 Å². The lowest BCUT2D eigenvalue weighted by Gasteiger charge is -2.23. The molecule has 0 aliphatic heterocycles. The van der Waals surface area contributed by atoms with Crippen molar-refractivity contribution in [1.82, 2.24) is 5.16 Å². The van der Waals surface area contributed by atoms with E-state index in [-0.39, 0.29) is 10.7 Å². The SMILES string of the molecule is CCCN(CCC)c1ccc(S(=O)(=O)Nc2cc(C)on2)cc1. The van der Waals surface area contributed by atoms with E-state index >= 15 is 0 Å². The Bertz CT molecular complexity index is 717. The summed E-state index contributed by atoms with van der Waals surface area (Å²) < 4.78 is 31.9. The number of hydrogen-bond donors (Lipinski definition) is 1. The molecule has 1 N–H and O–H groups in total.